The van der Waals surface area contributed by atoms with Crippen molar-refractivity contribution >= 4 is 17.6 Å². The molecule has 1 atom stereocenters. The maximum atomic E-state index is 11.3. The average molecular weight is 293 g/mol. The number of carbonyl (C=O) groups is 1. The van der Waals surface area contributed by atoms with E-state index >= 15 is 0 Å². The number of halogens is 1. The van der Waals surface area contributed by atoms with E-state index in [1.54, 1.807) is 28.8 Å². The Kier molecular flexibility index (Phi) is 3.23. The van der Waals surface area contributed by atoms with Gasteiger partial charge in [-0.2, -0.15) is 0 Å². The third-order valence-electron chi connectivity index (χ3n) is 3.49. The zero-order valence-corrected chi connectivity index (χ0v) is 11.3. The molecule has 6 heteroatoms. The fraction of sp³-hybridized carbons (Fsp3) is 0.286. The zero-order chi connectivity index (χ0) is 14.3. The molecule has 2 aromatic rings. The van der Waals surface area contributed by atoms with Gasteiger partial charge in [0.1, 0.15) is 12.1 Å². The van der Waals surface area contributed by atoms with Crippen LogP contribution in [0.1, 0.15) is 35.3 Å². The van der Waals surface area contributed by atoms with Gasteiger partial charge < -0.3 is 14.8 Å². The maximum absolute atomic E-state index is 11.3. The van der Waals surface area contributed by atoms with Crippen molar-refractivity contribution in [3.63, 3.8) is 0 Å². The molecule has 5 nitrogen and oxygen atoms in total. The molecule has 0 saturated carbocycles. The molecule has 2 heterocycles. The van der Waals surface area contributed by atoms with Gasteiger partial charge in [-0.3, -0.25) is 0 Å². The summed E-state index contributed by atoms with van der Waals surface area (Å²) in [7, 11) is 0. The molecule has 0 radical (unpaired) electrons. The summed E-state index contributed by atoms with van der Waals surface area (Å²) >= 11 is 5.86. The monoisotopic (exact) mass is 292 g/mol. The van der Waals surface area contributed by atoms with E-state index in [4.69, 9.17) is 11.6 Å². The van der Waals surface area contributed by atoms with Gasteiger partial charge in [0, 0.05) is 10.6 Å². The van der Waals surface area contributed by atoms with E-state index in [1.807, 2.05) is 0 Å². The number of aliphatic hydroxyl groups is 1. The van der Waals surface area contributed by atoms with Crippen LogP contribution in [0.2, 0.25) is 5.02 Å². The minimum atomic E-state index is -1.07. The molecule has 1 unspecified atom stereocenters. The van der Waals surface area contributed by atoms with Crippen LogP contribution in [0.3, 0.4) is 0 Å². The second-order valence-electron chi connectivity index (χ2n) is 4.79. The van der Waals surface area contributed by atoms with Crippen molar-refractivity contribution in [2.24, 2.45) is 0 Å². The van der Waals surface area contributed by atoms with Gasteiger partial charge in [-0.1, -0.05) is 11.6 Å². The van der Waals surface area contributed by atoms with Gasteiger partial charge in [-0.25, -0.2) is 9.78 Å². The molecule has 0 bridgehead atoms. The number of aromatic carboxylic acids is 1. The molecule has 2 N–H and O–H groups in total. The van der Waals surface area contributed by atoms with E-state index in [0.717, 1.165) is 12.0 Å². The van der Waals surface area contributed by atoms with E-state index in [0.29, 0.717) is 29.4 Å². The lowest BCUT2D eigenvalue weighted by molar-refractivity contribution is 0.0678. The number of nitrogens with zero attached hydrogens (tertiary/aromatic N) is 2. The highest BCUT2D eigenvalue weighted by atomic mass is 35.5. The molecular formula is C14H13ClN2O3. The number of benzene rings is 1. The number of hydrogen-bond donors (Lipinski definition) is 2. The quantitative estimate of drug-likeness (QED) is 0.892. The number of imidazole rings is 1. The number of aliphatic hydroxyl groups excluding tert-OH is 1. The Morgan fingerprint density at radius 3 is 2.70 bits per heavy atom. The molecule has 104 valence electrons. The van der Waals surface area contributed by atoms with Crippen molar-refractivity contribution in [2.45, 2.75) is 25.5 Å². The summed E-state index contributed by atoms with van der Waals surface area (Å²) in [6.45, 7) is 0. The van der Waals surface area contributed by atoms with Gasteiger partial charge in [-0.15, -0.1) is 0 Å². The van der Waals surface area contributed by atoms with Crippen LogP contribution in [0.4, 0.5) is 0 Å². The van der Waals surface area contributed by atoms with Crippen LogP contribution in [0, 0.1) is 0 Å². The zero-order valence-electron chi connectivity index (χ0n) is 10.6. The summed E-state index contributed by atoms with van der Waals surface area (Å²) < 4.78 is 1.62. The largest absolute Gasteiger partial charge is 0.476 e. The predicted molar refractivity (Wildman–Crippen MR) is 73.8 cm³/mol. The smallest absolute Gasteiger partial charge is 0.356 e. The van der Waals surface area contributed by atoms with E-state index in [1.165, 1.54) is 0 Å². The van der Waals surface area contributed by atoms with E-state index in [-0.39, 0.29) is 5.69 Å². The van der Waals surface area contributed by atoms with Crippen LogP contribution in [0.15, 0.2) is 24.3 Å². The van der Waals surface area contributed by atoms with E-state index in [2.05, 4.69) is 4.98 Å². The Morgan fingerprint density at radius 2 is 2.05 bits per heavy atom. The summed E-state index contributed by atoms with van der Waals surface area (Å²) in [5, 5.41) is 20.0. The number of carboxylic acid groups (broad SMARTS) is 1. The third-order valence-corrected chi connectivity index (χ3v) is 3.74. The topological polar surface area (TPSA) is 75.3 Å². The standard InChI is InChI=1S/C14H13ClN2O3/c15-9-6-4-8(5-7-9)13-16-12(14(19)20)10-2-1-3-11(18)17(10)13/h4-7,11,18H,1-3H2,(H,19,20). The molecule has 3 rings (SSSR count). The second-order valence-corrected chi connectivity index (χ2v) is 5.22. The lowest BCUT2D eigenvalue weighted by Gasteiger charge is -2.23. The van der Waals surface area contributed by atoms with Crippen LogP contribution in [0.5, 0.6) is 0 Å². The van der Waals surface area contributed by atoms with Crippen molar-refractivity contribution in [3.05, 3.63) is 40.7 Å². The lowest BCUT2D eigenvalue weighted by Crippen LogP contribution is -2.19. The summed E-state index contributed by atoms with van der Waals surface area (Å²) in [4.78, 5) is 15.5. The minimum absolute atomic E-state index is 0.0219. The highest BCUT2D eigenvalue weighted by molar-refractivity contribution is 6.30. The SMILES string of the molecule is O=C(O)c1nc(-c2ccc(Cl)cc2)n2c1CCCC2O. The molecule has 1 aliphatic heterocycles. The highest BCUT2D eigenvalue weighted by Gasteiger charge is 2.28. The molecule has 0 spiro atoms. The molecule has 1 aliphatic rings. The lowest BCUT2D eigenvalue weighted by atomic mass is 10.1. The van der Waals surface area contributed by atoms with Crippen molar-refractivity contribution < 1.29 is 15.0 Å². The first kappa shape index (κ1) is 13.1. The van der Waals surface area contributed by atoms with Crippen LogP contribution >= 0.6 is 11.6 Å². The van der Waals surface area contributed by atoms with E-state index in [9.17, 15) is 15.0 Å². The molecule has 0 aliphatic carbocycles. The molecule has 1 aromatic heterocycles. The van der Waals surface area contributed by atoms with Gasteiger partial charge in [0.05, 0.1) is 5.69 Å². The number of aromatic nitrogens is 2. The summed E-state index contributed by atoms with van der Waals surface area (Å²) in [5.74, 6) is -0.593. The molecule has 0 saturated heterocycles. The highest BCUT2D eigenvalue weighted by Crippen LogP contribution is 2.32. The van der Waals surface area contributed by atoms with Crippen LogP contribution < -0.4 is 0 Å². The van der Waals surface area contributed by atoms with Crippen LogP contribution in [-0.4, -0.2) is 25.7 Å². The van der Waals surface area contributed by atoms with Gasteiger partial charge in [0.15, 0.2) is 5.69 Å². The first-order valence-electron chi connectivity index (χ1n) is 6.36. The number of fused-ring (bicyclic) bond motifs is 1. The Balaban J connectivity index is 2.20. The Morgan fingerprint density at radius 1 is 1.35 bits per heavy atom. The summed E-state index contributed by atoms with van der Waals surface area (Å²) in [5.41, 5.74) is 1.35. The molecule has 20 heavy (non-hydrogen) atoms. The second kappa shape index (κ2) is 4.92. The minimum Gasteiger partial charge on any atom is -0.476 e. The number of carboxylic acids is 1. The summed E-state index contributed by atoms with van der Waals surface area (Å²) in [6, 6.07) is 6.97. The number of hydrogen-bond acceptors (Lipinski definition) is 3. The van der Waals surface area contributed by atoms with Crippen molar-refractivity contribution in [2.75, 3.05) is 0 Å². The first-order valence-corrected chi connectivity index (χ1v) is 6.74. The van der Waals surface area contributed by atoms with Gasteiger partial charge in [0.25, 0.3) is 0 Å². The average Bonchev–Trinajstić information content (AvgIpc) is 2.81. The van der Waals surface area contributed by atoms with E-state index < -0.39 is 12.2 Å². The molecule has 0 amide bonds. The normalized spacial score (nSPS) is 17.8. The van der Waals surface area contributed by atoms with Crippen molar-refractivity contribution in [1.82, 2.24) is 9.55 Å². The fourth-order valence-corrected chi connectivity index (χ4v) is 2.71. The maximum Gasteiger partial charge on any atom is 0.356 e. The van der Waals surface area contributed by atoms with Crippen molar-refractivity contribution in [1.29, 1.82) is 0 Å². The van der Waals surface area contributed by atoms with Crippen molar-refractivity contribution in [3.8, 4) is 11.4 Å². The van der Waals surface area contributed by atoms with Gasteiger partial charge in [0.2, 0.25) is 0 Å². The van der Waals surface area contributed by atoms with Gasteiger partial charge >= 0.3 is 5.97 Å². The fourth-order valence-electron chi connectivity index (χ4n) is 2.58. The van der Waals surface area contributed by atoms with Gasteiger partial charge in [-0.05, 0) is 43.5 Å². The first-order chi connectivity index (χ1) is 9.58. The molecular weight excluding hydrogens is 280 g/mol. The Hall–Kier alpha value is -1.85. The molecule has 1 aromatic carbocycles. The van der Waals surface area contributed by atoms with Crippen LogP contribution in [-0.2, 0) is 6.42 Å². The predicted octanol–water partition coefficient (Wildman–Crippen LogP) is 2.73. The Labute approximate surface area is 120 Å². The van der Waals surface area contributed by atoms with Crippen LogP contribution in [0.25, 0.3) is 11.4 Å². The third kappa shape index (κ3) is 2.09. The Bertz CT molecular complexity index is 664. The molecule has 0 fully saturated rings. The number of rotatable bonds is 2. The summed E-state index contributed by atoms with van der Waals surface area (Å²) in [6.07, 6.45) is 1.24.